The first-order chi connectivity index (χ1) is 15.9. The van der Waals surface area contributed by atoms with Crippen LogP contribution in [0, 0.1) is 27.1 Å². The zero-order valence-corrected chi connectivity index (χ0v) is 32.7. The van der Waals surface area contributed by atoms with E-state index in [9.17, 15) is 0 Å². The van der Waals surface area contributed by atoms with Crippen LogP contribution in [0.4, 0.5) is 0 Å². The van der Waals surface area contributed by atoms with Gasteiger partial charge in [-0.3, -0.25) is 0 Å². The number of ether oxygens (including phenoxy) is 3. The molecule has 0 atom stereocenters. The average molecular weight is 569 g/mol. The van der Waals surface area contributed by atoms with Gasteiger partial charge in [0.15, 0.2) is 5.79 Å². The van der Waals surface area contributed by atoms with Gasteiger partial charge in [0.05, 0.1) is 5.60 Å². The SMILES string of the molecule is C.CC.CC(C)(C)C.CC(C)(C)C.CC(C)(C)C.CC(C)(C)C(C)(C)C.COC(C)(C)C.COC(C)(C)OC. The quantitative estimate of drug-likeness (QED) is 0.310. The molecule has 0 fully saturated rings. The minimum atomic E-state index is -0.417. The van der Waals surface area contributed by atoms with Gasteiger partial charge in [-0.25, -0.2) is 0 Å². The molecule has 0 spiro atoms. The Morgan fingerprint density at radius 3 is 0.410 bits per heavy atom. The van der Waals surface area contributed by atoms with Gasteiger partial charge in [0, 0.05) is 21.3 Å². The average Bonchev–Trinajstić information content (AvgIpc) is 2.58. The van der Waals surface area contributed by atoms with Crippen molar-refractivity contribution in [2.24, 2.45) is 27.1 Å². The normalized spacial score (nSPS) is 11.7. The van der Waals surface area contributed by atoms with Crippen LogP contribution >= 0.6 is 0 Å². The molecule has 0 aliphatic carbocycles. The van der Waals surface area contributed by atoms with Crippen LogP contribution < -0.4 is 0 Å². The number of methoxy groups -OCH3 is 3. The van der Waals surface area contributed by atoms with Crippen molar-refractivity contribution in [2.75, 3.05) is 21.3 Å². The second-order valence-corrected chi connectivity index (χ2v) is 17.6. The first kappa shape index (κ1) is 58.5. The number of rotatable bonds is 2. The lowest BCUT2D eigenvalue weighted by Gasteiger charge is -2.34. The molecule has 0 bridgehead atoms. The third-order valence-electron chi connectivity index (χ3n) is 3.85. The summed E-state index contributed by atoms with van der Waals surface area (Å²) < 4.78 is 14.7. The Kier molecular flexibility index (Phi) is 38.4. The summed E-state index contributed by atoms with van der Waals surface area (Å²) in [5.74, 6) is -0.417. The zero-order chi connectivity index (χ0) is 33.6. The van der Waals surface area contributed by atoms with Crippen molar-refractivity contribution < 1.29 is 14.2 Å². The van der Waals surface area contributed by atoms with Crippen LogP contribution in [0.5, 0.6) is 0 Å². The van der Waals surface area contributed by atoms with Gasteiger partial charge in [-0.1, -0.05) is 146 Å². The summed E-state index contributed by atoms with van der Waals surface area (Å²) in [6.07, 6.45) is 0. The molecule has 0 N–H and O–H groups in total. The molecule has 0 heterocycles. The van der Waals surface area contributed by atoms with Gasteiger partial charge in [-0.15, -0.1) is 0 Å². The van der Waals surface area contributed by atoms with E-state index < -0.39 is 5.79 Å². The molecule has 0 aliphatic rings. The highest BCUT2D eigenvalue weighted by atomic mass is 16.7. The Morgan fingerprint density at radius 2 is 0.410 bits per heavy atom. The zero-order valence-electron chi connectivity index (χ0n) is 32.7. The standard InChI is InChI=1S/C8H18.C5H12O2.C5H12O.3C5H12.C2H6.CH4/c1-7(2,3)8(4,5)6;1-5(2,6-3)7-4;1-5(2,3)6-4;3*1-5(2,3)4;1-2;/h1-6H3;1-4H3;1-4H3;3*1-4H3;1-2H3;1H4. The molecule has 39 heavy (non-hydrogen) atoms. The molecule has 3 nitrogen and oxygen atoms in total. The second-order valence-electron chi connectivity index (χ2n) is 17.6. The fourth-order valence-electron chi connectivity index (χ4n) is 0.0833. The van der Waals surface area contributed by atoms with Gasteiger partial charge in [0.25, 0.3) is 0 Å². The van der Waals surface area contributed by atoms with Crippen LogP contribution in [0.25, 0.3) is 0 Å². The van der Waals surface area contributed by atoms with Crippen molar-refractivity contribution in [1.82, 2.24) is 0 Å². The third kappa shape index (κ3) is 153. The molecule has 0 amide bonds. The monoisotopic (exact) mass is 569 g/mol. The summed E-state index contributed by atoms with van der Waals surface area (Å²) in [7, 11) is 4.94. The maximum Gasteiger partial charge on any atom is 0.161 e. The maximum atomic E-state index is 4.94. The maximum absolute atomic E-state index is 4.94. The molecule has 3 heteroatoms. The van der Waals surface area contributed by atoms with Crippen LogP contribution in [-0.4, -0.2) is 32.7 Å². The molecule has 0 unspecified atom stereocenters. The molecule has 0 aromatic carbocycles. The fraction of sp³-hybridized carbons (Fsp3) is 1.00. The summed E-state index contributed by atoms with van der Waals surface area (Å²) in [6.45, 7) is 53.6. The Morgan fingerprint density at radius 1 is 0.308 bits per heavy atom. The van der Waals surface area contributed by atoms with E-state index in [4.69, 9.17) is 14.2 Å². The van der Waals surface area contributed by atoms with Gasteiger partial charge in [0.2, 0.25) is 0 Å². The van der Waals surface area contributed by atoms with E-state index in [1.807, 2.05) is 48.5 Å². The summed E-state index contributed by atoms with van der Waals surface area (Å²) in [4.78, 5) is 0. The molecule has 0 aliphatic heterocycles. The van der Waals surface area contributed by atoms with Crippen molar-refractivity contribution in [3.8, 4) is 0 Å². The van der Waals surface area contributed by atoms with Gasteiger partial charge in [0.1, 0.15) is 0 Å². The molecule has 250 valence electrons. The molecule has 0 aromatic heterocycles. The van der Waals surface area contributed by atoms with E-state index in [-0.39, 0.29) is 13.0 Å². The van der Waals surface area contributed by atoms with Crippen molar-refractivity contribution in [2.45, 2.75) is 192 Å². The summed E-state index contributed by atoms with van der Waals surface area (Å²) in [5.41, 5.74) is 2.42. The molecular weight excluding hydrogens is 480 g/mol. The highest BCUT2D eigenvalue weighted by Crippen LogP contribution is 2.36. The predicted octanol–water partition coefficient (Wildman–Crippen LogP) is 13.3. The molecule has 0 aromatic rings. The number of hydrogen-bond donors (Lipinski definition) is 0. The number of hydrogen-bond acceptors (Lipinski definition) is 3. The second kappa shape index (κ2) is 25.6. The highest BCUT2D eigenvalue weighted by Gasteiger charge is 2.26. The van der Waals surface area contributed by atoms with E-state index in [0.717, 1.165) is 0 Å². The van der Waals surface area contributed by atoms with Crippen molar-refractivity contribution in [1.29, 1.82) is 0 Å². The first-order valence-electron chi connectivity index (χ1n) is 14.6. The van der Waals surface area contributed by atoms with Gasteiger partial charge in [-0.2, -0.15) is 0 Å². The Balaban J connectivity index is -0.0000000488. The minimum absolute atomic E-state index is 0. The van der Waals surface area contributed by atoms with Gasteiger partial charge < -0.3 is 14.2 Å². The van der Waals surface area contributed by atoms with Crippen LogP contribution in [0.1, 0.15) is 181 Å². The summed E-state index contributed by atoms with van der Waals surface area (Å²) in [5, 5.41) is 0. The summed E-state index contributed by atoms with van der Waals surface area (Å²) in [6, 6.07) is 0. The Labute approximate surface area is 254 Å². The van der Waals surface area contributed by atoms with Crippen molar-refractivity contribution in [3.63, 3.8) is 0 Å². The lowest BCUT2D eigenvalue weighted by molar-refractivity contribution is -0.178. The Bertz CT molecular complexity index is 384. The molecule has 0 saturated carbocycles. The minimum Gasteiger partial charge on any atom is -0.379 e. The van der Waals surface area contributed by atoms with E-state index in [1.165, 1.54) is 0 Å². The van der Waals surface area contributed by atoms with E-state index in [2.05, 4.69) is 125 Å². The van der Waals surface area contributed by atoms with Crippen LogP contribution in [0.3, 0.4) is 0 Å². The molecule has 0 saturated heterocycles. The van der Waals surface area contributed by atoms with Crippen molar-refractivity contribution >= 4 is 0 Å². The highest BCUT2D eigenvalue weighted by molar-refractivity contribution is 4.77. The van der Waals surface area contributed by atoms with Gasteiger partial charge >= 0.3 is 0 Å². The lowest BCUT2D eigenvalue weighted by atomic mass is 9.71. The van der Waals surface area contributed by atoms with Crippen LogP contribution in [0.15, 0.2) is 0 Å². The largest absolute Gasteiger partial charge is 0.379 e. The van der Waals surface area contributed by atoms with Crippen molar-refractivity contribution in [3.05, 3.63) is 0 Å². The molecular formula is C36H88O3. The molecule has 0 rings (SSSR count). The molecule has 0 radical (unpaired) electrons. The van der Waals surface area contributed by atoms with E-state index in [1.54, 1.807) is 21.3 Å². The Hall–Kier alpha value is -0.120. The van der Waals surface area contributed by atoms with E-state index in [0.29, 0.717) is 27.1 Å². The lowest BCUT2D eigenvalue weighted by Crippen LogP contribution is -2.25. The van der Waals surface area contributed by atoms with Crippen LogP contribution in [-0.2, 0) is 14.2 Å². The van der Waals surface area contributed by atoms with Crippen LogP contribution in [0.2, 0.25) is 0 Å². The third-order valence-corrected chi connectivity index (χ3v) is 3.85. The van der Waals surface area contributed by atoms with E-state index >= 15 is 0 Å². The topological polar surface area (TPSA) is 27.7 Å². The first-order valence-corrected chi connectivity index (χ1v) is 14.6. The fourth-order valence-corrected chi connectivity index (χ4v) is 0.0833. The van der Waals surface area contributed by atoms with Gasteiger partial charge in [-0.05, 0) is 61.7 Å². The smallest absolute Gasteiger partial charge is 0.161 e. The summed E-state index contributed by atoms with van der Waals surface area (Å²) >= 11 is 0. The predicted molar refractivity (Wildman–Crippen MR) is 187 cm³/mol.